The molecular weight excluding hydrogens is 384 g/mol. The summed E-state index contributed by atoms with van der Waals surface area (Å²) < 4.78 is 0. The quantitative estimate of drug-likeness (QED) is 0.477. The lowest BCUT2D eigenvalue weighted by Gasteiger charge is -2.12. The van der Waals surface area contributed by atoms with E-state index in [4.69, 9.17) is 10.0 Å². The van der Waals surface area contributed by atoms with Crippen molar-refractivity contribution in [1.82, 2.24) is 10.1 Å². The number of carbonyl (C=O) groups excluding carboxylic acids is 4. The molecule has 0 atom stereocenters. The van der Waals surface area contributed by atoms with E-state index < -0.39 is 11.8 Å². The second-order valence-corrected chi connectivity index (χ2v) is 6.73. The van der Waals surface area contributed by atoms with Crippen LogP contribution in [0.15, 0.2) is 48.5 Å². The molecule has 144 valence electrons. The van der Waals surface area contributed by atoms with E-state index in [-0.39, 0.29) is 28.0 Å². The highest BCUT2D eigenvalue weighted by molar-refractivity contribution is 7.98. The van der Waals surface area contributed by atoms with E-state index in [1.807, 2.05) is 6.26 Å². The van der Waals surface area contributed by atoms with Crippen LogP contribution < -0.4 is 0 Å². The number of thioether (sulfide) groups is 1. The Morgan fingerprint density at radius 2 is 1.18 bits per heavy atom. The van der Waals surface area contributed by atoms with Gasteiger partial charge in [-0.2, -0.15) is 11.8 Å². The summed E-state index contributed by atoms with van der Waals surface area (Å²) in [7, 11) is 0. The fraction of sp³-hybridized carbons (Fsp3) is 0.158. The van der Waals surface area contributed by atoms with Gasteiger partial charge in [-0.1, -0.05) is 24.3 Å². The number of hydrogen-bond acceptors (Lipinski definition) is 7. The Labute approximate surface area is 164 Å². The molecule has 0 fully saturated rings. The molecule has 0 spiro atoms. The average Bonchev–Trinajstić information content (AvgIpc) is 3.10. The molecule has 28 heavy (non-hydrogen) atoms. The van der Waals surface area contributed by atoms with Crippen LogP contribution in [0.1, 0.15) is 41.4 Å². The van der Waals surface area contributed by atoms with Crippen molar-refractivity contribution in [3.05, 3.63) is 70.8 Å². The van der Waals surface area contributed by atoms with Gasteiger partial charge in [0.05, 0.1) is 28.9 Å². The van der Waals surface area contributed by atoms with Crippen molar-refractivity contribution in [2.24, 2.45) is 0 Å². The Balaban J connectivity index is 0.000000167. The van der Waals surface area contributed by atoms with E-state index >= 15 is 0 Å². The van der Waals surface area contributed by atoms with E-state index in [2.05, 4.69) is 0 Å². The Kier molecular flexibility index (Phi) is 5.88. The first-order valence-corrected chi connectivity index (χ1v) is 9.63. The number of benzene rings is 2. The fourth-order valence-electron chi connectivity index (χ4n) is 2.67. The third kappa shape index (κ3) is 3.55. The van der Waals surface area contributed by atoms with Gasteiger partial charge in [0, 0.05) is 5.75 Å². The predicted octanol–water partition coefficient (Wildman–Crippen LogP) is 2.25. The van der Waals surface area contributed by atoms with Crippen molar-refractivity contribution in [3.8, 4) is 0 Å². The van der Waals surface area contributed by atoms with Crippen LogP contribution in [0.5, 0.6) is 0 Å². The maximum atomic E-state index is 11.8. The SMILES string of the molecule is CSCCON1C(=O)c2ccccc2C1=O.O=C1c2ccccc2C(=O)N1O. The number of nitrogens with zero attached hydrogens (tertiary/aromatic N) is 2. The number of fused-ring (bicyclic) bond motifs is 2. The lowest BCUT2D eigenvalue weighted by atomic mass is 10.1. The van der Waals surface area contributed by atoms with Gasteiger partial charge in [-0.3, -0.25) is 29.2 Å². The highest BCUT2D eigenvalue weighted by atomic mass is 32.2. The Hall–Kier alpha value is -3.01. The van der Waals surface area contributed by atoms with Crippen LogP contribution in [0, 0.1) is 0 Å². The summed E-state index contributed by atoms with van der Waals surface area (Å²) in [6.45, 7) is 0.354. The van der Waals surface area contributed by atoms with Gasteiger partial charge < -0.3 is 0 Å². The summed E-state index contributed by atoms with van der Waals surface area (Å²) in [4.78, 5) is 50.8. The van der Waals surface area contributed by atoms with Gasteiger partial charge in [0.2, 0.25) is 0 Å². The molecule has 2 aromatic carbocycles. The summed E-state index contributed by atoms with van der Waals surface area (Å²) in [5.74, 6) is -1.32. The van der Waals surface area contributed by atoms with E-state index in [9.17, 15) is 19.2 Å². The lowest BCUT2D eigenvalue weighted by Crippen LogP contribution is -2.30. The van der Waals surface area contributed by atoms with Gasteiger partial charge in [0.1, 0.15) is 0 Å². The summed E-state index contributed by atoms with van der Waals surface area (Å²) in [5.41, 5.74) is 1.34. The second-order valence-electron chi connectivity index (χ2n) is 5.74. The minimum Gasteiger partial charge on any atom is -0.278 e. The monoisotopic (exact) mass is 400 g/mol. The molecule has 0 radical (unpaired) electrons. The smallest absolute Gasteiger partial charge is 0.278 e. The molecule has 0 bridgehead atoms. The molecule has 0 aliphatic carbocycles. The minimum absolute atomic E-state index is 0.130. The molecular formula is C19H16N2O6S. The number of imide groups is 2. The van der Waals surface area contributed by atoms with Gasteiger partial charge >= 0.3 is 0 Å². The molecule has 4 amide bonds. The Bertz CT molecular complexity index is 891. The zero-order valence-electron chi connectivity index (χ0n) is 14.8. The standard InChI is InChI=1S/C11H11NO3S.C8H5NO3/c1-16-7-6-15-12-10(13)8-4-2-3-5-9(8)11(12)14;10-7-5-3-1-2-4-6(5)8(11)9(7)12/h2-5H,6-7H2,1H3;1-4,12H. The van der Waals surface area contributed by atoms with E-state index in [0.717, 1.165) is 10.8 Å². The molecule has 9 heteroatoms. The topological polar surface area (TPSA) is 104 Å². The summed E-state index contributed by atoms with van der Waals surface area (Å²) >= 11 is 1.60. The highest BCUT2D eigenvalue weighted by Crippen LogP contribution is 2.22. The fourth-order valence-corrected chi connectivity index (χ4v) is 2.91. The highest BCUT2D eigenvalue weighted by Gasteiger charge is 2.36. The molecule has 0 saturated heterocycles. The van der Waals surface area contributed by atoms with Gasteiger partial charge in [-0.15, -0.1) is 10.1 Å². The lowest BCUT2D eigenvalue weighted by molar-refractivity contribution is -0.0852. The number of hydrogen-bond donors (Lipinski definition) is 1. The number of hydroxylamine groups is 4. The van der Waals surface area contributed by atoms with Crippen molar-refractivity contribution < 1.29 is 29.2 Å². The maximum absolute atomic E-state index is 11.8. The van der Waals surface area contributed by atoms with E-state index in [1.165, 1.54) is 12.1 Å². The molecule has 2 aliphatic rings. The third-order valence-corrected chi connectivity index (χ3v) is 4.61. The molecule has 0 unspecified atom stereocenters. The van der Waals surface area contributed by atoms with E-state index in [0.29, 0.717) is 17.7 Å². The summed E-state index contributed by atoms with van der Waals surface area (Å²) in [6, 6.07) is 13.0. The third-order valence-electron chi connectivity index (χ3n) is 4.04. The molecule has 2 heterocycles. The first-order valence-electron chi connectivity index (χ1n) is 8.23. The number of rotatable bonds is 4. The first-order chi connectivity index (χ1) is 13.5. The van der Waals surface area contributed by atoms with Crippen molar-refractivity contribution in [3.63, 3.8) is 0 Å². The zero-order valence-corrected chi connectivity index (χ0v) is 15.6. The van der Waals surface area contributed by atoms with Crippen LogP contribution in [0.4, 0.5) is 0 Å². The summed E-state index contributed by atoms with van der Waals surface area (Å²) in [5, 5.41) is 9.90. The van der Waals surface area contributed by atoms with Crippen LogP contribution in [-0.2, 0) is 4.84 Å². The molecule has 1 N–H and O–H groups in total. The Morgan fingerprint density at radius 3 is 1.57 bits per heavy atom. The van der Waals surface area contributed by atoms with Crippen molar-refractivity contribution >= 4 is 35.4 Å². The Morgan fingerprint density at radius 1 is 0.786 bits per heavy atom. The van der Waals surface area contributed by atoms with Gasteiger partial charge in [-0.25, -0.2) is 0 Å². The molecule has 4 rings (SSSR count). The predicted molar refractivity (Wildman–Crippen MR) is 100 cm³/mol. The van der Waals surface area contributed by atoms with Crippen LogP contribution >= 0.6 is 11.8 Å². The van der Waals surface area contributed by atoms with Crippen LogP contribution in [0.3, 0.4) is 0 Å². The largest absolute Gasteiger partial charge is 0.285 e. The van der Waals surface area contributed by atoms with Crippen molar-refractivity contribution in [2.75, 3.05) is 18.6 Å². The van der Waals surface area contributed by atoms with Crippen molar-refractivity contribution in [2.45, 2.75) is 0 Å². The molecule has 8 nitrogen and oxygen atoms in total. The van der Waals surface area contributed by atoms with E-state index in [1.54, 1.807) is 48.2 Å². The van der Waals surface area contributed by atoms with Crippen LogP contribution in [0.25, 0.3) is 0 Å². The van der Waals surface area contributed by atoms with Gasteiger partial charge in [0.25, 0.3) is 23.6 Å². The van der Waals surface area contributed by atoms with Gasteiger partial charge in [-0.05, 0) is 30.5 Å². The number of amides is 4. The van der Waals surface area contributed by atoms with Gasteiger partial charge in [0.15, 0.2) is 0 Å². The first kappa shape index (κ1) is 19.7. The average molecular weight is 400 g/mol. The molecule has 0 aromatic heterocycles. The molecule has 0 saturated carbocycles. The zero-order chi connectivity index (χ0) is 20.3. The second kappa shape index (κ2) is 8.34. The molecule has 2 aromatic rings. The maximum Gasteiger partial charge on any atom is 0.285 e. The van der Waals surface area contributed by atoms with Crippen molar-refractivity contribution in [1.29, 1.82) is 0 Å². The number of carbonyl (C=O) groups is 4. The molecule has 2 aliphatic heterocycles. The van der Waals surface area contributed by atoms with Crippen LogP contribution in [-0.4, -0.2) is 57.6 Å². The van der Waals surface area contributed by atoms with Crippen LogP contribution in [0.2, 0.25) is 0 Å². The minimum atomic E-state index is -0.657. The summed E-state index contributed by atoms with van der Waals surface area (Å²) in [6.07, 6.45) is 1.94. The normalized spacial score (nSPS) is 14.8.